The van der Waals surface area contributed by atoms with E-state index in [9.17, 15) is 4.79 Å². The Morgan fingerprint density at radius 3 is 2.15 bits per heavy atom. The SMILES string of the molecule is CCCCCCCCCCC(=O)SCCC[Si]1(OCCC(C)O[Si]2(CCCS)OC=CC(C)O2)OC=CC(C)O1. The highest BCUT2D eigenvalue weighted by Gasteiger charge is 2.47. The third kappa shape index (κ3) is 14.8. The summed E-state index contributed by atoms with van der Waals surface area (Å²) in [5.74, 6) is 1.52. The first-order chi connectivity index (χ1) is 19.3. The summed E-state index contributed by atoms with van der Waals surface area (Å²) in [4.78, 5) is 12.4. The lowest BCUT2D eigenvalue weighted by molar-refractivity contribution is -0.111. The van der Waals surface area contributed by atoms with E-state index in [0.29, 0.717) is 30.6 Å². The number of carbonyl (C=O) groups excluding carboxylic acids is 1. The van der Waals surface area contributed by atoms with Crippen LogP contribution in [0.3, 0.4) is 0 Å². The number of hydrogen-bond acceptors (Lipinski definition) is 9. The van der Waals surface area contributed by atoms with Gasteiger partial charge in [0.05, 0.1) is 24.7 Å². The van der Waals surface area contributed by atoms with Crippen molar-refractivity contribution in [3.63, 3.8) is 0 Å². The van der Waals surface area contributed by atoms with E-state index in [0.717, 1.165) is 43.2 Å². The highest BCUT2D eigenvalue weighted by Crippen LogP contribution is 2.29. The topological polar surface area (TPSA) is 72.5 Å². The predicted molar refractivity (Wildman–Crippen MR) is 172 cm³/mol. The first-order valence-electron chi connectivity index (χ1n) is 15.4. The lowest BCUT2D eigenvalue weighted by atomic mass is 10.1. The van der Waals surface area contributed by atoms with Crippen molar-refractivity contribution < 1.29 is 31.4 Å². The fourth-order valence-electron chi connectivity index (χ4n) is 4.69. The first kappa shape index (κ1) is 35.9. The largest absolute Gasteiger partial charge is 0.566 e. The van der Waals surface area contributed by atoms with Gasteiger partial charge in [-0.25, -0.2) is 0 Å². The Labute approximate surface area is 255 Å². The Morgan fingerprint density at radius 2 is 1.50 bits per heavy atom. The fourth-order valence-corrected chi connectivity index (χ4v) is 11.5. The molecule has 0 aliphatic carbocycles. The Balaban J connectivity index is 1.71. The molecular weight excluding hydrogens is 581 g/mol. The van der Waals surface area contributed by atoms with Crippen LogP contribution in [-0.4, -0.2) is 59.1 Å². The fraction of sp³-hybridized carbons (Fsp3) is 0.828. The summed E-state index contributed by atoms with van der Waals surface area (Å²) in [6.45, 7) is 8.74. The van der Waals surface area contributed by atoms with E-state index in [2.05, 4.69) is 19.6 Å². The lowest BCUT2D eigenvalue weighted by Crippen LogP contribution is -2.51. The molecule has 11 heteroatoms. The number of thioether (sulfide) groups is 1. The summed E-state index contributed by atoms with van der Waals surface area (Å²) in [6.07, 6.45) is 20.1. The summed E-state index contributed by atoms with van der Waals surface area (Å²) >= 11 is 5.79. The molecule has 0 bridgehead atoms. The Morgan fingerprint density at radius 1 is 0.900 bits per heavy atom. The molecule has 5 unspecified atom stereocenters. The van der Waals surface area contributed by atoms with Gasteiger partial charge in [-0.1, -0.05) is 63.6 Å². The van der Waals surface area contributed by atoms with Crippen LogP contribution in [0.25, 0.3) is 0 Å². The summed E-state index contributed by atoms with van der Waals surface area (Å²) in [7, 11) is -5.67. The van der Waals surface area contributed by atoms with E-state index < -0.39 is 17.6 Å². The van der Waals surface area contributed by atoms with E-state index >= 15 is 0 Å². The maximum Gasteiger partial charge on any atom is 0.566 e. The molecule has 0 amide bonds. The molecule has 0 saturated carbocycles. The molecule has 2 rings (SSSR count). The third-order valence-electron chi connectivity index (χ3n) is 6.92. The molecule has 2 aliphatic rings. The predicted octanol–water partition coefficient (Wildman–Crippen LogP) is 8.07. The van der Waals surface area contributed by atoms with Crippen molar-refractivity contribution in [1.29, 1.82) is 0 Å². The zero-order valence-electron chi connectivity index (χ0n) is 25.3. The molecule has 2 aliphatic heterocycles. The molecule has 0 aromatic carbocycles. The highest BCUT2D eigenvalue weighted by molar-refractivity contribution is 8.13. The number of carbonyl (C=O) groups is 1. The average molecular weight is 635 g/mol. The maximum absolute atomic E-state index is 12.4. The molecule has 40 heavy (non-hydrogen) atoms. The van der Waals surface area contributed by atoms with E-state index in [-0.39, 0.29) is 18.3 Å². The number of thiol groups is 1. The summed E-state index contributed by atoms with van der Waals surface area (Å²) in [6, 6.07) is 1.42. The van der Waals surface area contributed by atoms with Gasteiger partial charge in [0, 0.05) is 37.0 Å². The molecule has 0 saturated heterocycles. The monoisotopic (exact) mass is 634 g/mol. The maximum atomic E-state index is 12.4. The van der Waals surface area contributed by atoms with Crippen LogP contribution in [0, 0.1) is 0 Å². The summed E-state index contributed by atoms with van der Waals surface area (Å²) in [5, 5.41) is 0.291. The van der Waals surface area contributed by atoms with Crippen LogP contribution in [0.5, 0.6) is 0 Å². The van der Waals surface area contributed by atoms with Gasteiger partial charge in [0.2, 0.25) is 0 Å². The summed E-state index contributed by atoms with van der Waals surface area (Å²) in [5.41, 5.74) is 0. The van der Waals surface area contributed by atoms with Crippen molar-refractivity contribution in [3.8, 4) is 0 Å². The van der Waals surface area contributed by atoms with Gasteiger partial charge in [-0.05, 0) is 64.4 Å². The summed E-state index contributed by atoms with van der Waals surface area (Å²) < 4.78 is 37.1. The van der Waals surface area contributed by atoms with E-state index in [4.69, 9.17) is 26.6 Å². The van der Waals surface area contributed by atoms with Gasteiger partial charge >= 0.3 is 17.6 Å². The van der Waals surface area contributed by atoms with E-state index in [1.165, 1.54) is 50.3 Å². The number of rotatable bonds is 22. The van der Waals surface area contributed by atoms with Crippen molar-refractivity contribution >= 4 is 47.1 Å². The van der Waals surface area contributed by atoms with Crippen LogP contribution in [0.4, 0.5) is 0 Å². The van der Waals surface area contributed by atoms with Gasteiger partial charge in [0.1, 0.15) is 0 Å². The number of unbranched alkanes of at least 4 members (excludes halogenated alkanes) is 7. The van der Waals surface area contributed by atoms with Gasteiger partial charge in [0.15, 0.2) is 5.12 Å². The quantitative estimate of drug-likeness (QED) is 0.0728. The molecule has 0 spiro atoms. The van der Waals surface area contributed by atoms with Gasteiger partial charge in [0.25, 0.3) is 0 Å². The van der Waals surface area contributed by atoms with Crippen molar-refractivity contribution in [1.82, 2.24) is 0 Å². The van der Waals surface area contributed by atoms with Crippen LogP contribution in [0.2, 0.25) is 12.1 Å². The van der Waals surface area contributed by atoms with Crippen molar-refractivity contribution in [2.75, 3.05) is 18.1 Å². The van der Waals surface area contributed by atoms with Gasteiger partial charge in [-0.3, -0.25) is 4.79 Å². The van der Waals surface area contributed by atoms with Gasteiger partial charge in [-0.15, -0.1) is 0 Å². The molecule has 7 nitrogen and oxygen atoms in total. The number of hydrogen-bond donors (Lipinski definition) is 1. The molecule has 232 valence electrons. The Hall–Kier alpha value is -0.276. The normalized spacial score (nSPS) is 26.8. The average Bonchev–Trinajstić information content (AvgIpc) is 2.91. The molecule has 2 heterocycles. The zero-order chi connectivity index (χ0) is 29.1. The Bertz CT molecular complexity index is 760. The van der Waals surface area contributed by atoms with Gasteiger partial charge < -0.3 is 26.6 Å². The van der Waals surface area contributed by atoms with Crippen LogP contribution >= 0.6 is 24.4 Å². The zero-order valence-corrected chi connectivity index (χ0v) is 29.0. The van der Waals surface area contributed by atoms with Crippen LogP contribution in [0.1, 0.15) is 105 Å². The smallest absolute Gasteiger partial charge is 0.508 e. The standard InChI is InChI=1S/C29H54O7S2Si2/c1-5-6-7-8-9-10-11-12-15-29(30)38-23-14-25-39(31-19-16-26(2)34-39)32-20-17-27(3)35-40(24-13-22-37)33-21-18-28(4)36-40/h16,18-19,21,26-28,37H,5-15,17,20,22-25H2,1-4H3. The van der Waals surface area contributed by atoms with E-state index in [1.807, 2.05) is 32.9 Å². The minimum atomic E-state index is -2.88. The third-order valence-corrected chi connectivity index (χ3v) is 14.0. The molecular formula is C29H54O7S2Si2. The highest BCUT2D eigenvalue weighted by atomic mass is 32.2. The molecule has 0 fully saturated rings. The van der Waals surface area contributed by atoms with E-state index in [1.54, 1.807) is 12.5 Å². The molecule has 0 N–H and O–H groups in total. The minimum Gasteiger partial charge on any atom is -0.508 e. The van der Waals surface area contributed by atoms with Crippen molar-refractivity contribution in [2.24, 2.45) is 0 Å². The van der Waals surface area contributed by atoms with Crippen LogP contribution < -0.4 is 0 Å². The Kier molecular flexibility index (Phi) is 18.5. The van der Waals surface area contributed by atoms with Crippen molar-refractivity contribution in [3.05, 3.63) is 24.7 Å². The first-order valence-corrected chi connectivity index (χ1v) is 20.9. The second kappa shape index (κ2) is 20.6. The van der Waals surface area contributed by atoms with Crippen LogP contribution in [0.15, 0.2) is 24.7 Å². The second-order valence-electron chi connectivity index (χ2n) is 10.8. The lowest BCUT2D eigenvalue weighted by Gasteiger charge is -2.36. The molecule has 5 atom stereocenters. The molecule has 0 aromatic rings. The van der Waals surface area contributed by atoms with Gasteiger partial charge in [-0.2, -0.15) is 12.6 Å². The second-order valence-corrected chi connectivity index (χ2v) is 17.6. The minimum absolute atomic E-state index is 0.0261. The molecule has 0 radical (unpaired) electrons. The van der Waals surface area contributed by atoms with Crippen LogP contribution in [-0.2, 0) is 31.4 Å². The van der Waals surface area contributed by atoms with Crippen molar-refractivity contribution in [2.45, 2.75) is 135 Å². The molecule has 0 aromatic heterocycles.